The first-order valence-electron chi connectivity index (χ1n) is 9.32. The van der Waals surface area contributed by atoms with Gasteiger partial charge in [-0.2, -0.15) is 0 Å². The molecule has 0 spiro atoms. The van der Waals surface area contributed by atoms with Crippen molar-refractivity contribution in [2.75, 3.05) is 38.2 Å². The first-order valence-corrected chi connectivity index (χ1v) is 9.32. The summed E-state index contributed by atoms with van der Waals surface area (Å²) in [5, 5.41) is 12.2. The molecule has 0 amide bonds. The molecule has 0 N–H and O–H groups in total. The summed E-state index contributed by atoms with van der Waals surface area (Å²) in [6.07, 6.45) is 0. The molecule has 0 aliphatic carbocycles. The molecule has 0 saturated carbocycles. The molecule has 3 aromatic rings. The molecule has 1 aliphatic rings. The van der Waals surface area contributed by atoms with Crippen molar-refractivity contribution in [2.24, 2.45) is 0 Å². The van der Waals surface area contributed by atoms with Gasteiger partial charge in [0.1, 0.15) is 11.6 Å². The highest BCUT2D eigenvalue weighted by Crippen LogP contribution is 2.18. The van der Waals surface area contributed by atoms with Gasteiger partial charge in [0.2, 0.25) is 0 Å². The van der Waals surface area contributed by atoms with Gasteiger partial charge in [-0.3, -0.25) is 4.90 Å². The number of tetrazole rings is 1. The summed E-state index contributed by atoms with van der Waals surface area (Å²) in [5.41, 5.74) is 2.18. The molecule has 8 heteroatoms. The van der Waals surface area contributed by atoms with E-state index in [-0.39, 0.29) is 5.82 Å². The minimum atomic E-state index is -0.203. The third-order valence-electron chi connectivity index (χ3n) is 5.03. The molecule has 0 bridgehead atoms. The summed E-state index contributed by atoms with van der Waals surface area (Å²) in [4.78, 5) is 4.62. The first kappa shape index (κ1) is 18.4. The van der Waals surface area contributed by atoms with Crippen molar-refractivity contribution < 1.29 is 9.13 Å². The number of piperazine rings is 1. The summed E-state index contributed by atoms with van der Waals surface area (Å²) >= 11 is 0. The van der Waals surface area contributed by atoms with Gasteiger partial charge in [0.25, 0.3) is 0 Å². The number of hydrogen-bond donors (Lipinski definition) is 0. The number of methoxy groups -OCH3 is 1. The summed E-state index contributed by atoms with van der Waals surface area (Å²) < 4.78 is 20.1. The Morgan fingerprint density at radius 2 is 1.64 bits per heavy atom. The van der Waals surface area contributed by atoms with E-state index in [4.69, 9.17) is 4.74 Å². The number of rotatable bonds is 6. The number of ether oxygens (including phenoxy) is 1. The molecular weight excluding hydrogens is 359 g/mol. The number of halogens is 1. The fourth-order valence-corrected chi connectivity index (χ4v) is 3.38. The van der Waals surface area contributed by atoms with Gasteiger partial charge in [0, 0.05) is 31.9 Å². The van der Waals surface area contributed by atoms with Crippen molar-refractivity contribution in [1.82, 2.24) is 25.1 Å². The molecule has 2 aromatic carbocycles. The Morgan fingerprint density at radius 1 is 0.929 bits per heavy atom. The smallest absolute Gasteiger partial charge is 0.165 e. The Morgan fingerprint density at radius 3 is 2.32 bits per heavy atom. The van der Waals surface area contributed by atoms with E-state index in [0.29, 0.717) is 13.1 Å². The van der Waals surface area contributed by atoms with E-state index in [0.717, 1.165) is 49.0 Å². The predicted octanol–water partition coefficient (Wildman–Crippen LogP) is 2.19. The van der Waals surface area contributed by atoms with E-state index in [1.165, 1.54) is 12.1 Å². The van der Waals surface area contributed by atoms with Crippen LogP contribution in [0.3, 0.4) is 0 Å². The molecule has 1 fully saturated rings. The minimum absolute atomic E-state index is 0.203. The average molecular weight is 382 g/mol. The standard InChI is InChI=1S/C20H23FN6O/c1-28-19-8-2-16(3-9-19)14-27-20(22-23-24-27)15-25-10-12-26(13-11-25)18-6-4-17(21)5-7-18/h2-9H,10-15H2,1H3. The van der Waals surface area contributed by atoms with Crippen molar-refractivity contribution in [3.63, 3.8) is 0 Å². The van der Waals surface area contributed by atoms with E-state index in [1.807, 2.05) is 41.1 Å². The molecule has 0 atom stereocenters. The summed E-state index contributed by atoms with van der Waals surface area (Å²) in [6.45, 7) is 4.94. The predicted molar refractivity (Wildman–Crippen MR) is 104 cm³/mol. The maximum atomic E-state index is 13.1. The molecule has 0 unspecified atom stereocenters. The van der Waals surface area contributed by atoms with E-state index >= 15 is 0 Å². The van der Waals surface area contributed by atoms with Crippen LogP contribution in [0.1, 0.15) is 11.4 Å². The zero-order valence-electron chi connectivity index (χ0n) is 15.8. The third-order valence-corrected chi connectivity index (χ3v) is 5.03. The maximum absolute atomic E-state index is 13.1. The van der Waals surface area contributed by atoms with Gasteiger partial charge < -0.3 is 9.64 Å². The summed E-state index contributed by atoms with van der Waals surface area (Å²) in [7, 11) is 1.66. The third kappa shape index (κ3) is 4.28. The second kappa shape index (κ2) is 8.35. The van der Waals surface area contributed by atoms with Crippen molar-refractivity contribution in [3.8, 4) is 5.75 Å². The van der Waals surface area contributed by atoms with Crippen LogP contribution in [0, 0.1) is 5.82 Å². The first-order chi connectivity index (χ1) is 13.7. The number of benzene rings is 2. The number of nitrogens with zero attached hydrogens (tertiary/aromatic N) is 6. The highest BCUT2D eigenvalue weighted by molar-refractivity contribution is 5.46. The number of hydrogen-bond acceptors (Lipinski definition) is 6. The molecule has 2 heterocycles. The Balaban J connectivity index is 1.34. The van der Waals surface area contributed by atoms with Crippen LogP contribution in [-0.4, -0.2) is 58.4 Å². The van der Waals surface area contributed by atoms with Crippen LogP contribution >= 0.6 is 0 Å². The van der Waals surface area contributed by atoms with E-state index in [1.54, 1.807) is 7.11 Å². The van der Waals surface area contributed by atoms with Crippen LogP contribution in [0.4, 0.5) is 10.1 Å². The lowest BCUT2D eigenvalue weighted by atomic mass is 10.2. The maximum Gasteiger partial charge on any atom is 0.165 e. The molecule has 1 saturated heterocycles. The van der Waals surface area contributed by atoms with E-state index in [2.05, 4.69) is 25.3 Å². The van der Waals surface area contributed by atoms with Gasteiger partial charge >= 0.3 is 0 Å². The molecule has 0 radical (unpaired) electrons. The lowest BCUT2D eigenvalue weighted by Gasteiger charge is -2.35. The lowest BCUT2D eigenvalue weighted by Crippen LogP contribution is -2.46. The zero-order chi connectivity index (χ0) is 19.3. The molecular formula is C20H23FN6O. The second-order valence-corrected chi connectivity index (χ2v) is 6.84. The molecule has 1 aliphatic heterocycles. The number of anilines is 1. The Hall–Kier alpha value is -3.00. The van der Waals surface area contributed by atoms with Crippen LogP contribution in [-0.2, 0) is 13.1 Å². The molecule has 28 heavy (non-hydrogen) atoms. The SMILES string of the molecule is COc1ccc(Cn2nnnc2CN2CCN(c3ccc(F)cc3)CC2)cc1. The lowest BCUT2D eigenvalue weighted by molar-refractivity contribution is 0.240. The van der Waals surface area contributed by atoms with Crippen LogP contribution < -0.4 is 9.64 Å². The van der Waals surface area contributed by atoms with Crippen molar-refractivity contribution in [1.29, 1.82) is 0 Å². The Kier molecular flexibility index (Phi) is 5.48. The molecule has 146 valence electrons. The highest BCUT2D eigenvalue weighted by Gasteiger charge is 2.19. The monoisotopic (exact) mass is 382 g/mol. The second-order valence-electron chi connectivity index (χ2n) is 6.84. The van der Waals surface area contributed by atoms with E-state index in [9.17, 15) is 4.39 Å². The Labute approximate surface area is 163 Å². The van der Waals surface area contributed by atoms with Crippen molar-refractivity contribution in [2.45, 2.75) is 13.1 Å². The van der Waals surface area contributed by atoms with Crippen LogP contribution in [0.25, 0.3) is 0 Å². The van der Waals surface area contributed by atoms with Crippen molar-refractivity contribution in [3.05, 3.63) is 65.7 Å². The topological polar surface area (TPSA) is 59.3 Å². The molecule has 1 aromatic heterocycles. The van der Waals surface area contributed by atoms with Crippen LogP contribution in [0.15, 0.2) is 48.5 Å². The van der Waals surface area contributed by atoms with Gasteiger partial charge in [0.05, 0.1) is 20.2 Å². The van der Waals surface area contributed by atoms with E-state index < -0.39 is 0 Å². The highest BCUT2D eigenvalue weighted by atomic mass is 19.1. The van der Waals surface area contributed by atoms with Gasteiger partial charge in [-0.05, 0) is 52.4 Å². The zero-order valence-corrected chi connectivity index (χ0v) is 15.8. The largest absolute Gasteiger partial charge is 0.497 e. The van der Waals surface area contributed by atoms with Gasteiger partial charge in [-0.1, -0.05) is 12.1 Å². The summed E-state index contributed by atoms with van der Waals surface area (Å²) in [6, 6.07) is 14.6. The Bertz CT molecular complexity index is 888. The van der Waals surface area contributed by atoms with Gasteiger partial charge in [0.15, 0.2) is 5.82 Å². The fourth-order valence-electron chi connectivity index (χ4n) is 3.38. The number of aromatic nitrogens is 4. The average Bonchev–Trinajstić information content (AvgIpc) is 3.16. The van der Waals surface area contributed by atoms with Gasteiger partial charge in [-0.15, -0.1) is 5.10 Å². The van der Waals surface area contributed by atoms with Crippen LogP contribution in [0.5, 0.6) is 5.75 Å². The normalized spacial score (nSPS) is 15.0. The quantitative estimate of drug-likeness (QED) is 0.651. The summed E-state index contributed by atoms with van der Waals surface area (Å²) in [5.74, 6) is 1.48. The minimum Gasteiger partial charge on any atom is -0.497 e. The molecule has 4 rings (SSSR count). The molecule has 7 nitrogen and oxygen atoms in total. The fraction of sp³-hybridized carbons (Fsp3) is 0.350. The van der Waals surface area contributed by atoms with Gasteiger partial charge in [-0.25, -0.2) is 9.07 Å². The van der Waals surface area contributed by atoms with Crippen molar-refractivity contribution >= 4 is 5.69 Å². The van der Waals surface area contributed by atoms with Crippen LogP contribution in [0.2, 0.25) is 0 Å².